The highest BCUT2D eigenvalue weighted by Gasteiger charge is 2.36. The van der Waals surface area contributed by atoms with Crippen LogP contribution in [0.4, 0.5) is 5.69 Å². The third kappa shape index (κ3) is 1.98. The first-order valence-electron chi connectivity index (χ1n) is 5.64. The molecule has 1 amide bonds. The molecular weight excluding hydrogens is 312 g/mol. The normalized spacial score (nSPS) is 14.1. The zero-order chi connectivity index (χ0) is 13.6. The van der Waals surface area contributed by atoms with Crippen molar-refractivity contribution in [1.29, 1.82) is 0 Å². The molecule has 0 saturated carbocycles. The summed E-state index contributed by atoms with van der Waals surface area (Å²) in [7, 11) is 0. The van der Waals surface area contributed by atoms with Crippen molar-refractivity contribution >= 4 is 33.3 Å². The molecular formula is C13H9BrN2O3. The minimum Gasteiger partial charge on any atom is -0.359 e. The lowest BCUT2D eigenvalue weighted by atomic mass is 10.1. The largest absolute Gasteiger partial charge is 0.359 e. The Kier molecular flexibility index (Phi) is 2.74. The Hall–Kier alpha value is -1.95. The molecule has 0 radical (unpaired) electrons. The molecule has 96 valence electrons. The van der Waals surface area contributed by atoms with Gasteiger partial charge in [0.15, 0.2) is 5.76 Å². The summed E-state index contributed by atoms with van der Waals surface area (Å²) in [6, 6.07) is 6.88. The van der Waals surface area contributed by atoms with E-state index < -0.39 is 11.7 Å². The van der Waals surface area contributed by atoms with Crippen molar-refractivity contribution in [2.75, 3.05) is 4.90 Å². The van der Waals surface area contributed by atoms with Gasteiger partial charge in [0.25, 0.3) is 11.7 Å². The van der Waals surface area contributed by atoms with Gasteiger partial charge in [0, 0.05) is 10.5 Å². The van der Waals surface area contributed by atoms with Gasteiger partial charge in [-0.25, -0.2) is 0 Å². The Labute approximate surface area is 117 Å². The first-order chi connectivity index (χ1) is 9.06. The van der Waals surface area contributed by atoms with E-state index in [1.165, 1.54) is 4.90 Å². The number of amides is 1. The van der Waals surface area contributed by atoms with Crippen LogP contribution < -0.4 is 4.90 Å². The van der Waals surface area contributed by atoms with Gasteiger partial charge in [0.2, 0.25) is 0 Å². The molecule has 0 spiro atoms. The summed E-state index contributed by atoms with van der Waals surface area (Å²) in [6.45, 7) is 2.00. The van der Waals surface area contributed by atoms with Crippen molar-refractivity contribution in [2.24, 2.45) is 0 Å². The number of carbonyl (C=O) groups is 2. The highest BCUT2D eigenvalue weighted by Crippen LogP contribution is 2.32. The maximum atomic E-state index is 12.0. The average Bonchev–Trinajstić information content (AvgIpc) is 2.88. The number of anilines is 1. The van der Waals surface area contributed by atoms with Crippen LogP contribution in [0.2, 0.25) is 0 Å². The average molecular weight is 321 g/mol. The molecule has 5 nitrogen and oxygen atoms in total. The molecule has 0 atom stereocenters. The van der Waals surface area contributed by atoms with E-state index in [2.05, 4.69) is 21.1 Å². The molecule has 2 aromatic rings. The standard InChI is InChI=1S/C13H9BrN2O3/c1-7-4-9(19-15-7)6-16-11-5-8(14)2-3-10(11)12(17)13(16)18/h2-5H,6H2,1H3. The lowest BCUT2D eigenvalue weighted by Gasteiger charge is -2.14. The second-order valence-corrected chi connectivity index (χ2v) is 5.23. The maximum absolute atomic E-state index is 12.0. The molecule has 0 N–H and O–H groups in total. The number of aryl methyl sites for hydroxylation is 1. The van der Waals surface area contributed by atoms with Gasteiger partial charge >= 0.3 is 0 Å². The van der Waals surface area contributed by atoms with Gasteiger partial charge in [-0.15, -0.1) is 0 Å². The fourth-order valence-corrected chi connectivity index (χ4v) is 2.42. The van der Waals surface area contributed by atoms with Gasteiger partial charge in [-0.05, 0) is 25.1 Å². The summed E-state index contributed by atoms with van der Waals surface area (Å²) in [5.74, 6) is -0.479. The van der Waals surface area contributed by atoms with Crippen molar-refractivity contribution in [3.8, 4) is 0 Å². The molecule has 1 aliphatic heterocycles. The minimum atomic E-state index is -0.540. The van der Waals surface area contributed by atoms with Crippen LogP contribution in [0.1, 0.15) is 21.8 Å². The minimum absolute atomic E-state index is 0.203. The highest BCUT2D eigenvalue weighted by molar-refractivity contribution is 9.10. The number of aromatic nitrogens is 1. The molecule has 0 fully saturated rings. The maximum Gasteiger partial charge on any atom is 0.299 e. The number of rotatable bonds is 2. The summed E-state index contributed by atoms with van der Waals surface area (Å²) < 4.78 is 5.90. The third-order valence-electron chi connectivity index (χ3n) is 2.93. The van der Waals surface area contributed by atoms with Gasteiger partial charge in [-0.2, -0.15) is 0 Å². The lowest BCUT2D eigenvalue weighted by molar-refractivity contribution is -0.114. The Morgan fingerprint density at radius 1 is 1.32 bits per heavy atom. The van der Waals surface area contributed by atoms with Crippen LogP contribution in [0.15, 0.2) is 33.3 Å². The number of ketones is 1. The van der Waals surface area contributed by atoms with Crippen LogP contribution in [-0.4, -0.2) is 16.8 Å². The lowest BCUT2D eigenvalue weighted by Crippen LogP contribution is -2.28. The van der Waals surface area contributed by atoms with Crippen molar-refractivity contribution < 1.29 is 14.1 Å². The van der Waals surface area contributed by atoms with E-state index in [0.717, 1.165) is 10.2 Å². The Morgan fingerprint density at radius 2 is 2.11 bits per heavy atom. The summed E-state index contributed by atoms with van der Waals surface area (Å²) in [5.41, 5.74) is 1.75. The molecule has 6 heteroatoms. The Bertz CT molecular complexity index is 693. The van der Waals surface area contributed by atoms with E-state index >= 15 is 0 Å². The summed E-state index contributed by atoms with van der Waals surface area (Å²) in [4.78, 5) is 25.2. The number of hydrogen-bond acceptors (Lipinski definition) is 4. The van der Waals surface area contributed by atoms with Crippen LogP contribution in [0, 0.1) is 6.92 Å². The molecule has 1 aromatic heterocycles. The van der Waals surface area contributed by atoms with E-state index in [1.807, 2.05) is 0 Å². The van der Waals surface area contributed by atoms with Crippen LogP contribution in [-0.2, 0) is 11.3 Å². The van der Waals surface area contributed by atoms with Crippen molar-refractivity contribution in [1.82, 2.24) is 5.16 Å². The van der Waals surface area contributed by atoms with E-state index in [4.69, 9.17) is 4.52 Å². The van der Waals surface area contributed by atoms with E-state index in [1.54, 1.807) is 31.2 Å². The third-order valence-corrected chi connectivity index (χ3v) is 3.42. The number of carbonyl (C=O) groups excluding carboxylic acids is 2. The number of fused-ring (bicyclic) bond motifs is 1. The molecule has 0 unspecified atom stereocenters. The number of hydrogen-bond donors (Lipinski definition) is 0. The molecule has 2 heterocycles. The first-order valence-corrected chi connectivity index (χ1v) is 6.43. The van der Waals surface area contributed by atoms with Gasteiger partial charge in [0.1, 0.15) is 0 Å². The number of halogens is 1. The Balaban J connectivity index is 2.01. The van der Waals surface area contributed by atoms with E-state index in [9.17, 15) is 9.59 Å². The SMILES string of the molecule is Cc1cc(CN2C(=O)C(=O)c3ccc(Br)cc32)on1. The molecule has 0 bridgehead atoms. The fraction of sp³-hybridized carbons (Fsp3) is 0.154. The second-order valence-electron chi connectivity index (χ2n) is 4.32. The summed E-state index contributed by atoms with van der Waals surface area (Å²) >= 11 is 3.34. The summed E-state index contributed by atoms with van der Waals surface area (Å²) in [5, 5.41) is 3.77. The highest BCUT2D eigenvalue weighted by atomic mass is 79.9. The predicted molar refractivity (Wildman–Crippen MR) is 70.9 cm³/mol. The van der Waals surface area contributed by atoms with Crippen LogP contribution in [0.5, 0.6) is 0 Å². The quantitative estimate of drug-likeness (QED) is 0.797. The topological polar surface area (TPSA) is 63.4 Å². The van der Waals surface area contributed by atoms with Crippen molar-refractivity contribution in [2.45, 2.75) is 13.5 Å². The monoisotopic (exact) mass is 320 g/mol. The molecule has 0 saturated heterocycles. The first kappa shape index (κ1) is 12.1. The predicted octanol–water partition coefficient (Wildman–Crippen LogP) is 2.48. The van der Waals surface area contributed by atoms with Gasteiger partial charge in [0.05, 0.1) is 23.5 Å². The molecule has 0 aliphatic carbocycles. The molecule has 3 rings (SSSR count). The van der Waals surface area contributed by atoms with Gasteiger partial charge in [-0.3, -0.25) is 14.5 Å². The zero-order valence-electron chi connectivity index (χ0n) is 10.0. The fourth-order valence-electron chi connectivity index (χ4n) is 2.07. The number of benzene rings is 1. The van der Waals surface area contributed by atoms with Crippen LogP contribution in [0.3, 0.4) is 0 Å². The zero-order valence-corrected chi connectivity index (χ0v) is 11.6. The van der Waals surface area contributed by atoms with Gasteiger partial charge in [-0.1, -0.05) is 21.1 Å². The smallest absolute Gasteiger partial charge is 0.299 e. The van der Waals surface area contributed by atoms with Crippen LogP contribution in [0.25, 0.3) is 0 Å². The molecule has 19 heavy (non-hydrogen) atoms. The second kappa shape index (κ2) is 4.31. The van der Waals surface area contributed by atoms with E-state index in [0.29, 0.717) is 17.0 Å². The number of nitrogens with zero attached hydrogens (tertiary/aromatic N) is 2. The van der Waals surface area contributed by atoms with Crippen LogP contribution >= 0.6 is 15.9 Å². The van der Waals surface area contributed by atoms with Crippen molar-refractivity contribution in [3.05, 3.63) is 45.8 Å². The molecule has 1 aliphatic rings. The number of Topliss-reactive ketones (excluding diaryl/α,β-unsaturated/α-hetero) is 1. The summed E-state index contributed by atoms with van der Waals surface area (Å²) in [6.07, 6.45) is 0. The van der Waals surface area contributed by atoms with Crippen molar-refractivity contribution in [3.63, 3.8) is 0 Å². The molecule has 1 aromatic carbocycles. The van der Waals surface area contributed by atoms with Gasteiger partial charge < -0.3 is 4.52 Å². The van der Waals surface area contributed by atoms with E-state index in [-0.39, 0.29) is 6.54 Å². The Morgan fingerprint density at radius 3 is 2.79 bits per heavy atom.